The lowest BCUT2D eigenvalue weighted by molar-refractivity contribution is 0.490. The van der Waals surface area contributed by atoms with Crippen LogP contribution in [0.1, 0.15) is 30.3 Å². The third-order valence-corrected chi connectivity index (χ3v) is 4.03. The molecule has 0 aliphatic carbocycles. The number of aromatic nitrogens is 2. The number of aryl methyl sites for hydroxylation is 2. The van der Waals surface area contributed by atoms with Crippen LogP contribution in [0.4, 0.5) is 0 Å². The van der Waals surface area contributed by atoms with E-state index < -0.39 is 0 Å². The molecule has 1 aromatic heterocycles. The number of benzene rings is 1. The van der Waals surface area contributed by atoms with Crippen molar-refractivity contribution in [3.8, 4) is 0 Å². The van der Waals surface area contributed by atoms with Gasteiger partial charge in [0, 0.05) is 30.2 Å². The van der Waals surface area contributed by atoms with Gasteiger partial charge in [0.15, 0.2) is 0 Å². The molecule has 0 radical (unpaired) electrons. The summed E-state index contributed by atoms with van der Waals surface area (Å²) in [6, 6.07) is 10.6. The average molecular weight is 306 g/mol. The molecule has 0 saturated carbocycles. The van der Waals surface area contributed by atoms with Gasteiger partial charge in [-0.2, -0.15) is 5.10 Å². The molecule has 1 atom stereocenters. The molecule has 0 saturated heterocycles. The number of nitrogens with one attached hydrogen (secondary N) is 1. The Hall–Kier alpha value is -1.32. The molecule has 2 aromatic rings. The van der Waals surface area contributed by atoms with Crippen LogP contribution in [0.15, 0.2) is 30.3 Å². The Morgan fingerprint density at radius 1 is 1.29 bits per heavy atom. The van der Waals surface area contributed by atoms with Crippen LogP contribution >= 0.6 is 11.6 Å². The van der Waals surface area contributed by atoms with Gasteiger partial charge in [-0.1, -0.05) is 36.7 Å². The van der Waals surface area contributed by atoms with E-state index in [2.05, 4.69) is 29.5 Å². The van der Waals surface area contributed by atoms with Gasteiger partial charge in [-0.3, -0.25) is 4.68 Å². The zero-order chi connectivity index (χ0) is 15.2. The van der Waals surface area contributed by atoms with Crippen molar-refractivity contribution in [3.05, 3.63) is 52.3 Å². The third-order valence-electron chi connectivity index (χ3n) is 3.66. The second-order valence-electron chi connectivity index (χ2n) is 5.55. The highest BCUT2D eigenvalue weighted by molar-refractivity contribution is 6.31. The first-order chi connectivity index (χ1) is 10.1. The molecule has 114 valence electrons. The van der Waals surface area contributed by atoms with Crippen molar-refractivity contribution in [2.75, 3.05) is 6.54 Å². The minimum Gasteiger partial charge on any atom is -0.313 e. The summed E-state index contributed by atoms with van der Waals surface area (Å²) in [5.41, 5.74) is 3.53. The standard InChI is InChI=1S/C17H24ClN3/c1-4-9-19-15(11-14-7-5-6-8-17(14)18)12-16-10-13(2)20-21(16)3/h5-8,10,15,19H,4,9,11-12H2,1-3H3. The molecule has 1 aromatic carbocycles. The molecule has 1 heterocycles. The SMILES string of the molecule is CCCNC(Cc1ccccc1Cl)Cc1cc(C)nn1C. The summed E-state index contributed by atoms with van der Waals surface area (Å²) < 4.78 is 1.97. The Bertz CT molecular complexity index is 577. The summed E-state index contributed by atoms with van der Waals surface area (Å²) in [6.07, 6.45) is 3.02. The minimum absolute atomic E-state index is 0.375. The number of hydrogen-bond acceptors (Lipinski definition) is 2. The number of rotatable bonds is 7. The highest BCUT2D eigenvalue weighted by Crippen LogP contribution is 2.18. The highest BCUT2D eigenvalue weighted by Gasteiger charge is 2.14. The van der Waals surface area contributed by atoms with Crippen LogP contribution in [-0.4, -0.2) is 22.4 Å². The molecular formula is C17H24ClN3. The normalized spacial score (nSPS) is 12.6. The summed E-state index contributed by atoms with van der Waals surface area (Å²) in [5.74, 6) is 0. The van der Waals surface area contributed by atoms with E-state index >= 15 is 0 Å². The van der Waals surface area contributed by atoms with Crippen LogP contribution in [0.5, 0.6) is 0 Å². The zero-order valence-electron chi connectivity index (χ0n) is 13.1. The van der Waals surface area contributed by atoms with Gasteiger partial charge < -0.3 is 5.32 Å². The van der Waals surface area contributed by atoms with Crippen molar-refractivity contribution in [3.63, 3.8) is 0 Å². The molecular weight excluding hydrogens is 282 g/mol. The lowest BCUT2D eigenvalue weighted by atomic mass is 10.0. The summed E-state index contributed by atoms with van der Waals surface area (Å²) in [5, 5.41) is 8.91. The molecule has 1 N–H and O–H groups in total. The van der Waals surface area contributed by atoms with Crippen LogP contribution in [0, 0.1) is 6.92 Å². The van der Waals surface area contributed by atoms with Crippen molar-refractivity contribution in [1.82, 2.24) is 15.1 Å². The molecule has 3 nitrogen and oxygen atoms in total. The predicted octanol–water partition coefficient (Wildman–Crippen LogP) is 3.54. The Morgan fingerprint density at radius 3 is 2.67 bits per heavy atom. The monoisotopic (exact) mass is 305 g/mol. The van der Waals surface area contributed by atoms with Gasteiger partial charge in [-0.25, -0.2) is 0 Å². The van der Waals surface area contributed by atoms with E-state index in [4.69, 9.17) is 11.6 Å². The largest absolute Gasteiger partial charge is 0.313 e. The van der Waals surface area contributed by atoms with Crippen molar-refractivity contribution in [2.24, 2.45) is 7.05 Å². The molecule has 0 fully saturated rings. The minimum atomic E-state index is 0.375. The van der Waals surface area contributed by atoms with Gasteiger partial charge in [-0.15, -0.1) is 0 Å². The second-order valence-corrected chi connectivity index (χ2v) is 5.96. The van der Waals surface area contributed by atoms with Crippen LogP contribution in [0.3, 0.4) is 0 Å². The first kappa shape index (κ1) is 16.1. The highest BCUT2D eigenvalue weighted by atomic mass is 35.5. The fourth-order valence-corrected chi connectivity index (χ4v) is 2.81. The maximum atomic E-state index is 6.30. The average Bonchev–Trinajstić information content (AvgIpc) is 2.76. The quantitative estimate of drug-likeness (QED) is 0.848. The van der Waals surface area contributed by atoms with Crippen molar-refractivity contribution in [1.29, 1.82) is 0 Å². The van der Waals surface area contributed by atoms with Crippen molar-refractivity contribution in [2.45, 2.75) is 39.2 Å². The van der Waals surface area contributed by atoms with Crippen LogP contribution in [0.2, 0.25) is 5.02 Å². The van der Waals surface area contributed by atoms with Gasteiger partial charge >= 0.3 is 0 Å². The fourth-order valence-electron chi connectivity index (χ4n) is 2.60. The fraction of sp³-hybridized carbons (Fsp3) is 0.471. The van der Waals surface area contributed by atoms with Gasteiger partial charge in [0.05, 0.1) is 5.69 Å². The van der Waals surface area contributed by atoms with Gasteiger partial charge in [0.25, 0.3) is 0 Å². The predicted molar refractivity (Wildman–Crippen MR) is 88.9 cm³/mol. The summed E-state index contributed by atoms with van der Waals surface area (Å²) >= 11 is 6.30. The van der Waals surface area contributed by atoms with Gasteiger partial charge in [0.2, 0.25) is 0 Å². The summed E-state index contributed by atoms with van der Waals surface area (Å²) in [6.45, 7) is 5.24. The van der Waals surface area contributed by atoms with E-state index in [-0.39, 0.29) is 0 Å². The molecule has 21 heavy (non-hydrogen) atoms. The van der Waals surface area contributed by atoms with E-state index in [0.717, 1.165) is 36.5 Å². The maximum Gasteiger partial charge on any atom is 0.0596 e. The van der Waals surface area contributed by atoms with E-state index in [1.165, 1.54) is 11.3 Å². The second kappa shape index (κ2) is 7.62. The molecule has 0 spiro atoms. The number of halogens is 1. The van der Waals surface area contributed by atoms with Crippen LogP contribution < -0.4 is 5.32 Å². The van der Waals surface area contributed by atoms with Gasteiger partial charge in [-0.05, 0) is 44.0 Å². The Morgan fingerprint density at radius 2 is 2.05 bits per heavy atom. The molecule has 4 heteroatoms. The Balaban J connectivity index is 2.11. The van der Waals surface area contributed by atoms with Crippen LogP contribution in [0.25, 0.3) is 0 Å². The third kappa shape index (κ3) is 4.58. The van der Waals surface area contributed by atoms with Crippen LogP contribution in [-0.2, 0) is 19.9 Å². The Labute approximate surface area is 132 Å². The number of hydrogen-bond donors (Lipinski definition) is 1. The van der Waals surface area contributed by atoms with E-state index in [1.54, 1.807) is 0 Å². The van der Waals surface area contributed by atoms with E-state index in [9.17, 15) is 0 Å². The maximum absolute atomic E-state index is 6.30. The molecule has 0 aliphatic rings. The van der Waals surface area contributed by atoms with E-state index in [0.29, 0.717) is 6.04 Å². The molecule has 0 bridgehead atoms. The summed E-state index contributed by atoms with van der Waals surface area (Å²) in [4.78, 5) is 0. The summed E-state index contributed by atoms with van der Waals surface area (Å²) in [7, 11) is 2.01. The lowest BCUT2D eigenvalue weighted by Crippen LogP contribution is -2.34. The first-order valence-electron chi connectivity index (χ1n) is 7.56. The topological polar surface area (TPSA) is 29.9 Å². The zero-order valence-corrected chi connectivity index (χ0v) is 13.8. The Kier molecular flexibility index (Phi) is 5.83. The molecule has 2 rings (SSSR count). The lowest BCUT2D eigenvalue weighted by Gasteiger charge is -2.19. The molecule has 0 aliphatic heterocycles. The smallest absolute Gasteiger partial charge is 0.0596 e. The first-order valence-corrected chi connectivity index (χ1v) is 7.94. The van der Waals surface area contributed by atoms with Crippen molar-refractivity contribution < 1.29 is 0 Å². The van der Waals surface area contributed by atoms with Gasteiger partial charge in [0.1, 0.15) is 0 Å². The van der Waals surface area contributed by atoms with E-state index in [1.807, 2.05) is 36.9 Å². The number of nitrogens with zero attached hydrogens (tertiary/aromatic N) is 2. The molecule has 0 amide bonds. The molecule has 1 unspecified atom stereocenters. The van der Waals surface area contributed by atoms with Crippen molar-refractivity contribution >= 4 is 11.6 Å².